The van der Waals surface area contributed by atoms with Crippen molar-refractivity contribution in [2.24, 2.45) is 0 Å². The lowest BCUT2D eigenvalue weighted by atomic mass is 10.0. The highest BCUT2D eigenvalue weighted by Crippen LogP contribution is 2.37. The van der Waals surface area contributed by atoms with E-state index in [0.29, 0.717) is 22.4 Å². The number of nitriles is 1. The number of halogens is 1. The standard InChI is InChI=1S/C22H18BrNO4/c1-2-26-20-7-13(11-24)6-18(23)22(20)28-21(25)10-16-12-27-19-9-15-5-3-4-14(15)8-17(16)19/h6-9,12H,2-5,10H2,1H3. The Bertz CT molecular complexity index is 1110. The van der Waals surface area contributed by atoms with Gasteiger partial charge in [0.1, 0.15) is 5.58 Å². The van der Waals surface area contributed by atoms with Gasteiger partial charge in [-0.2, -0.15) is 5.26 Å². The number of benzene rings is 2. The van der Waals surface area contributed by atoms with Crippen LogP contribution >= 0.6 is 15.9 Å². The van der Waals surface area contributed by atoms with Gasteiger partial charge in [0.25, 0.3) is 0 Å². The Hall–Kier alpha value is -2.78. The minimum absolute atomic E-state index is 0.0871. The average Bonchev–Trinajstić information content (AvgIpc) is 3.29. The second-order valence-electron chi connectivity index (χ2n) is 6.71. The van der Waals surface area contributed by atoms with Gasteiger partial charge in [0.05, 0.1) is 35.4 Å². The lowest BCUT2D eigenvalue weighted by Crippen LogP contribution is -2.12. The fourth-order valence-corrected chi connectivity index (χ4v) is 4.11. The first kappa shape index (κ1) is 18.6. The van der Waals surface area contributed by atoms with E-state index in [0.717, 1.165) is 35.8 Å². The maximum atomic E-state index is 12.6. The quantitative estimate of drug-likeness (QED) is 0.408. The molecule has 0 N–H and O–H groups in total. The molecule has 0 radical (unpaired) electrons. The monoisotopic (exact) mass is 439 g/mol. The zero-order valence-electron chi connectivity index (χ0n) is 15.4. The first-order valence-corrected chi connectivity index (χ1v) is 9.97. The Balaban J connectivity index is 1.59. The average molecular weight is 440 g/mol. The highest BCUT2D eigenvalue weighted by molar-refractivity contribution is 9.10. The van der Waals surface area contributed by atoms with E-state index in [4.69, 9.17) is 19.2 Å². The maximum Gasteiger partial charge on any atom is 0.315 e. The smallest absolute Gasteiger partial charge is 0.315 e. The minimum atomic E-state index is -0.422. The van der Waals surface area contributed by atoms with Crippen molar-refractivity contribution in [2.75, 3.05) is 6.61 Å². The van der Waals surface area contributed by atoms with Crippen LogP contribution in [0, 0.1) is 11.3 Å². The van der Waals surface area contributed by atoms with Gasteiger partial charge < -0.3 is 13.9 Å². The minimum Gasteiger partial charge on any atom is -0.490 e. The zero-order chi connectivity index (χ0) is 19.7. The molecule has 1 heterocycles. The molecule has 3 aromatic rings. The number of carbonyl (C=O) groups excluding carboxylic acids is 1. The molecule has 6 heteroatoms. The Morgan fingerprint density at radius 2 is 2.04 bits per heavy atom. The molecule has 1 aliphatic rings. The number of rotatable bonds is 5. The van der Waals surface area contributed by atoms with Gasteiger partial charge in [-0.1, -0.05) is 0 Å². The third-order valence-corrected chi connectivity index (χ3v) is 5.45. The molecule has 0 aliphatic heterocycles. The van der Waals surface area contributed by atoms with Crippen molar-refractivity contribution in [3.63, 3.8) is 0 Å². The summed E-state index contributed by atoms with van der Waals surface area (Å²) in [5.74, 6) is 0.214. The van der Waals surface area contributed by atoms with E-state index in [1.807, 2.05) is 6.92 Å². The zero-order valence-corrected chi connectivity index (χ0v) is 17.0. The number of nitrogens with zero attached hydrogens (tertiary/aromatic N) is 1. The van der Waals surface area contributed by atoms with Crippen molar-refractivity contribution in [1.82, 2.24) is 0 Å². The maximum absolute atomic E-state index is 12.6. The number of fused-ring (bicyclic) bond motifs is 2. The van der Waals surface area contributed by atoms with E-state index >= 15 is 0 Å². The third kappa shape index (κ3) is 3.50. The van der Waals surface area contributed by atoms with E-state index in [2.05, 4.69) is 34.1 Å². The Morgan fingerprint density at radius 1 is 1.25 bits per heavy atom. The predicted octanol–water partition coefficient (Wildman–Crippen LogP) is 5.10. The highest BCUT2D eigenvalue weighted by Gasteiger charge is 2.20. The van der Waals surface area contributed by atoms with Crippen molar-refractivity contribution in [2.45, 2.75) is 32.6 Å². The molecule has 5 nitrogen and oxygen atoms in total. The van der Waals surface area contributed by atoms with Crippen molar-refractivity contribution in [3.05, 3.63) is 57.3 Å². The number of furan rings is 1. The van der Waals surface area contributed by atoms with Crippen molar-refractivity contribution >= 4 is 32.9 Å². The summed E-state index contributed by atoms with van der Waals surface area (Å²) in [5.41, 5.74) is 4.69. The van der Waals surface area contributed by atoms with Crippen LogP contribution in [0.15, 0.2) is 39.4 Å². The summed E-state index contributed by atoms with van der Waals surface area (Å²) in [4.78, 5) is 12.6. The van der Waals surface area contributed by atoms with Crippen molar-refractivity contribution in [1.29, 1.82) is 5.26 Å². The predicted molar refractivity (Wildman–Crippen MR) is 108 cm³/mol. The van der Waals surface area contributed by atoms with Crippen LogP contribution in [0.3, 0.4) is 0 Å². The molecule has 0 unspecified atom stereocenters. The third-order valence-electron chi connectivity index (χ3n) is 4.86. The van der Waals surface area contributed by atoms with Crippen LogP contribution < -0.4 is 9.47 Å². The molecule has 0 bridgehead atoms. The summed E-state index contributed by atoms with van der Waals surface area (Å²) in [5, 5.41) is 10.1. The molecule has 1 aromatic heterocycles. The van der Waals surface area contributed by atoms with Crippen LogP contribution in [0.25, 0.3) is 11.0 Å². The molecule has 2 aromatic carbocycles. The molecule has 0 spiro atoms. The topological polar surface area (TPSA) is 72.5 Å². The lowest BCUT2D eigenvalue weighted by molar-refractivity contribution is -0.133. The van der Waals surface area contributed by atoms with Gasteiger partial charge in [0.15, 0.2) is 11.5 Å². The van der Waals surface area contributed by atoms with Crippen LogP contribution in [0.1, 0.15) is 35.6 Å². The fourth-order valence-electron chi connectivity index (χ4n) is 3.58. The van der Waals surface area contributed by atoms with Crippen LogP contribution in [-0.2, 0) is 24.1 Å². The van der Waals surface area contributed by atoms with Crippen molar-refractivity contribution < 1.29 is 18.7 Å². The molecule has 0 saturated heterocycles. The summed E-state index contributed by atoms with van der Waals surface area (Å²) in [7, 11) is 0. The second kappa shape index (κ2) is 7.69. The Morgan fingerprint density at radius 3 is 2.79 bits per heavy atom. The van der Waals surface area contributed by atoms with Gasteiger partial charge in [0.2, 0.25) is 0 Å². The highest BCUT2D eigenvalue weighted by atomic mass is 79.9. The molecule has 28 heavy (non-hydrogen) atoms. The molecule has 0 fully saturated rings. The van der Waals surface area contributed by atoms with Gasteiger partial charge in [-0.15, -0.1) is 0 Å². The van der Waals surface area contributed by atoms with Gasteiger partial charge in [-0.05, 0) is 71.4 Å². The number of carbonyl (C=O) groups is 1. The summed E-state index contributed by atoms with van der Waals surface area (Å²) in [6.45, 7) is 2.22. The first-order chi connectivity index (χ1) is 13.6. The van der Waals surface area contributed by atoms with Gasteiger partial charge in [-0.3, -0.25) is 4.79 Å². The molecule has 142 valence electrons. The normalized spacial score (nSPS) is 12.6. The summed E-state index contributed by atoms with van der Waals surface area (Å²) in [6.07, 6.45) is 5.01. The van der Waals surface area contributed by atoms with E-state index in [1.54, 1.807) is 18.4 Å². The van der Waals surface area contributed by atoms with E-state index in [-0.39, 0.29) is 12.2 Å². The summed E-state index contributed by atoms with van der Waals surface area (Å²) in [6, 6.07) is 9.44. The van der Waals surface area contributed by atoms with Gasteiger partial charge in [-0.25, -0.2) is 0 Å². The summed E-state index contributed by atoms with van der Waals surface area (Å²) < 4.78 is 17.3. The first-order valence-electron chi connectivity index (χ1n) is 9.18. The van der Waals surface area contributed by atoms with Crippen LogP contribution in [0.2, 0.25) is 0 Å². The number of hydrogen-bond donors (Lipinski definition) is 0. The van der Waals surface area contributed by atoms with Crippen molar-refractivity contribution in [3.8, 4) is 17.6 Å². The molecule has 4 rings (SSSR count). The number of aryl methyl sites for hydroxylation is 2. The molecule has 1 aliphatic carbocycles. The fraction of sp³-hybridized carbons (Fsp3) is 0.273. The number of ether oxygens (including phenoxy) is 2. The number of hydrogen-bond acceptors (Lipinski definition) is 5. The summed E-state index contributed by atoms with van der Waals surface area (Å²) >= 11 is 3.36. The van der Waals surface area contributed by atoms with Crippen LogP contribution in [0.4, 0.5) is 0 Å². The molecular weight excluding hydrogens is 422 g/mol. The molecule has 0 amide bonds. The Kier molecular flexibility index (Phi) is 5.10. The second-order valence-corrected chi connectivity index (χ2v) is 7.57. The molecular formula is C22H18BrNO4. The molecule has 0 atom stereocenters. The number of esters is 1. The van der Waals surface area contributed by atoms with Gasteiger partial charge in [0, 0.05) is 17.0 Å². The molecule has 0 saturated carbocycles. The van der Waals surface area contributed by atoms with E-state index in [9.17, 15) is 4.79 Å². The van der Waals surface area contributed by atoms with E-state index < -0.39 is 5.97 Å². The van der Waals surface area contributed by atoms with Gasteiger partial charge >= 0.3 is 5.97 Å². The Labute approximate surface area is 171 Å². The van der Waals surface area contributed by atoms with Crippen LogP contribution in [0.5, 0.6) is 11.5 Å². The largest absolute Gasteiger partial charge is 0.490 e. The lowest BCUT2D eigenvalue weighted by Gasteiger charge is -2.12. The SMILES string of the molecule is CCOc1cc(C#N)cc(Br)c1OC(=O)Cc1coc2cc3c(cc12)CCC3. The van der Waals surface area contributed by atoms with E-state index in [1.165, 1.54) is 11.1 Å². The van der Waals surface area contributed by atoms with Crippen LogP contribution in [-0.4, -0.2) is 12.6 Å².